The van der Waals surface area contributed by atoms with Crippen molar-refractivity contribution >= 4 is 45.0 Å². The summed E-state index contributed by atoms with van der Waals surface area (Å²) in [5.74, 6) is 1.64. The average Bonchev–Trinajstić information content (AvgIpc) is 3.13. The summed E-state index contributed by atoms with van der Waals surface area (Å²) in [5, 5.41) is 0.915. The molecule has 0 aliphatic carbocycles. The standard InChI is InChI=1S/C21H16BrNO4/c1-2-20(24)27-17-5-3-4-13-6-8-15(23-21(13)17)9-7-14-10-18-19(11-16(14)22)26-12-25-18/h3-11H,2,12H2,1H3/b9-7+. The molecule has 2 heterocycles. The van der Waals surface area contributed by atoms with Gasteiger partial charge in [0.1, 0.15) is 5.52 Å². The third kappa shape index (κ3) is 3.66. The maximum atomic E-state index is 11.7. The van der Waals surface area contributed by atoms with Crippen LogP contribution in [0.3, 0.4) is 0 Å². The SMILES string of the molecule is CCC(=O)Oc1cccc2ccc(/C=C/c3cc4c(cc3Br)OCO4)nc12. The molecule has 0 N–H and O–H groups in total. The Morgan fingerprint density at radius 1 is 1.19 bits per heavy atom. The molecule has 1 aromatic heterocycles. The van der Waals surface area contributed by atoms with Crippen molar-refractivity contribution in [1.29, 1.82) is 0 Å². The van der Waals surface area contributed by atoms with E-state index in [1.165, 1.54) is 0 Å². The lowest BCUT2D eigenvalue weighted by atomic mass is 10.1. The van der Waals surface area contributed by atoms with Gasteiger partial charge in [0.2, 0.25) is 6.79 Å². The van der Waals surface area contributed by atoms with Gasteiger partial charge in [0, 0.05) is 16.3 Å². The smallest absolute Gasteiger partial charge is 0.310 e. The number of rotatable bonds is 4. The van der Waals surface area contributed by atoms with Crippen molar-refractivity contribution in [2.24, 2.45) is 0 Å². The van der Waals surface area contributed by atoms with Crippen LogP contribution in [0.5, 0.6) is 17.2 Å². The number of benzene rings is 2. The maximum absolute atomic E-state index is 11.7. The summed E-state index contributed by atoms with van der Waals surface area (Å²) in [4.78, 5) is 16.3. The van der Waals surface area contributed by atoms with Gasteiger partial charge in [0.25, 0.3) is 0 Å². The highest BCUT2D eigenvalue weighted by Gasteiger charge is 2.15. The molecule has 27 heavy (non-hydrogen) atoms. The third-order valence-corrected chi connectivity index (χ3v) is 4.83. The number of hydrogen-bond donors (Lipinski definition) is 0. The molecule has 1 aliphatic heterocycles. The van der Waals surface area contributed by atoms with E-state index in [0.717, 1.165) is 32.6 Å². The minimum Gasteiger partial charge on any atom is -0.454 e. The number of halogens is 1. The van der Waals surface area contributed by atoms with Gasteiger partial charge in [-0.05, 0) is 35.9 Å². The van der Waals surface area contributed by atoms with Crippen molar-refractivity contribution in [2.75, 3.05) is 6.79 Å². The van der Waals surface area contributed by atoms with Crippen molar-refractivity contribution in [3.8, 4) is 17.2 Å². The molecule has 0 unspecified atom stereocenters. The highest BCUT2D eigenvalue weighted by Crippen LogP contribution is 2.37. The lowest BCUT2D eigenvalue weighted by Crippen LogP contribution is -2.06. The topological polar surface area (TPSA) is 57.7 Å². The monoisotopic (exact) mass is 425 g/mol. The van der Waals surface area contributed by atoms with Crippen molar-refractivity contribution in [1.82, 2.24) is 4.98 Å². The normalized spacial score (nSPS) is 12.7. The summed E-state index contributed by atoms with van der Waals surface area (Å²) >= 11 is 3.55. The molecule has 0 fully saturated rings. The van der Waals surface area contributed by atoms with E-state index in [1.807, 2.05) is 48.6 Å². The molecule has 1 aliphatic rings. The summed E-state index contributed by atoms with van der Waals surface area (Å²) < 4.78 is 17.1. The first-order valence-electron chi connectivity index (χ1n) is 8.51. The zero-order valence-corrected chi connectivity index (χ0v) is 16.2. The van der Waals surface area contributed by atoms with Gasteiger partial charge in [-0.1, -0.05) is 47.1 Å². The Labute approximate surface area is 164 Å². The molecule has 0 saturated heterocycles. The molecule has 5 nitrogen and oxygen atoms in total. The molecular weight excluding hydrogens is 410 g/mol. The van der Waals surface area contributed by atoms with Crippen LogP contribution >= 0.6 is 15.9 Å². The van der Waals surface area contributed by atoms with Gasteiger partial charge in [-0.3, -0.25) is 4.79 Å². The van der Waals surface area contributed by atoms with Crippen LogP contribution in [0.1, 0.15) is 24.6 Å². The number of hydrogen-bond acceptors (Lipinski definition) is 5. The van der Waals surface area contributed by atoms with E-state index in [4.69, 9.17) is 14.2 Å². The van der Waals surface area contributed by atoms with Crippen LogP contribution in [0.2, 0.25) is 0 Å². The third-order valence-electron chi connectivity index (χ3n) is 4.14. The highest BCUT2D eigenvalue weighted by atomic mass is 79.9. The second-order valence-corrected chi connectivity index (χ2v) is 6.81. The molecule has 2 aromatic carbocycles. The van der Waals surface area contributed by atoms with Crippen LogP contribution in [0.4, 0.5) is 0 Å². The Kier molecular flexibility index (Phi) is 4.81. The Morgan fingerprint density at radius 3 is 2.81 bits per heavy atom. The summed E-state index contributed by atoms with van der Waals surface area (Å²) in [5.41, 5.74) is 2.37. The number of aromatic nitrogens is 1. The zero-order chi connectivity index (χ0) is 18.8. The number of fused-ring (bicyclic) bond motifs is 2. The van der Waals surface area contributed by atoms with E-state index in [2.05, 4.69) is 20.9 Å². The van der Waals surface area contributed by atoms with E-state index in [1.54, 1.807) is 13.0 Å². The lowest BCUT2D eigenvalue weighted by molar-refractivity contribution is -0.133. The highest BCUT2D eigenvalue weighted by molar-refractivity contribution is 9.10. The quantitative estimate of drug-likeness (QED) is 0.424. The summed E-state index contributed by atoms with van der Waals surface area (Å²) in [7, 11) is 0. The summed E-state index contributed by atoms with van der Waals surface area (Å²) in [6.07, 6.45) is 4.16. The van der Waals surface area contributed by atoms with Crippen LogP contribution in [0, 0.1) is 0 Å². The molecule has 6 heteroatoms. The molecule has 0 spiro atoms. The van der Waals surface area contributed by atoms with Gasteiger partial charge < -0.3 is 14.2 Å². The summed E-state index contributed by atoms with van der Waals surface area (Å²) in [6.45, 7) is 2.00. The first-order valence-corrected chi connectivity index (χ1v) is 9.31. The molecule has 3 aromatic rings. The number of pyridine rings is 1. The van der Waals surface area contributed by atoms with E-state index >= 15 is 0 Å². The first-order chi connectivity index (χ1) is 13.1. The Balaban J connectivity index is 1.67. The van der Waals surface area contributed by atoms with Gasteiger partial charge in [-0.25, -0.2) is 4.98 Å². The average molecular weight is 426 g/mol. The Hall–Kier alpha value is -2.86. The number of carbonyl (C=O) groups is 1. The first kappa shape index (κ1) is 17.5. The fourth-order valence-corrected chi connectivity index (χ4v) is 3.20. The van der Waals surface area contributed by atoms with Crippen LogP contribution in [0.25, 0.3) is 23.1 Å². The van der Waals surface area contributed by atoms with Gasteiger partial charge in [0.15, 0.2) is 17.2 Å². The molecule has 0 saturated carbocycles. The predicted octanol–water partition coefficient (Wildman–Crippen LogP) is 5.21. The molecule has 0 atom stereocenters. The van der Waals surface area contributed by atoms with Crippen molar-refractivity contribution < 1.29 is 19.0 Å². The molecule has 0 bridgehead atoms. The van der Waals surface area contributed by atoms with Crippen LogP contribution in [-0.4, -0.2) is 17.7 Å². The second kappa shape index (κ2) is 7.40. The number of para-hydroxylation sites is 1. The van der Waals surface area contributed by atoms with Crippen molar-refractivity contribution in [3.63, 3.8) is 0 Å². The van der Waals surface area contributed by atoms with Crippen LogP contribution in [0.15, 0.2) is 46.9 Å². The number of esters is 1. The van der Waals surface area contributed by atoms with Gasteiger partial charge in [-0.2, -0.15) is 0 Å². The molecule has 4 rings (SSSR count). The lowest BCUT2D eigenvalue weighted by Gasteiger charge is -2.07. The largest absolute Gasteiger partial charge is 0.454 e. The minimum atomic E-state index is -0.283. The van der Waals surface area contributed by atoms with Crippen molar-refractivity contribution in [2.45, 2.75) is 13.3 Å². The van der Waals surface area contributed by atoms with E-state index in [-0.39, 0.29) is 12.8 Å². The number of nitrogens with zero attached hydrogens (tertiary/aromatic N) is 1. The predicted molar refractivity (Wildman–Crippen MR) is 107 cm³/mol. The van der Waals surface area contributed by atoms with Gasteiger partial charge >= 0.3 is 5.97 Å². The molecule has 0 radical (unpaired) electrons. The number of ether oxygens (including phenoxy) is 3. The molecular formula is C21H16BrNO4. The van der Waals surface area contributed by atoms with Crippen LogP contribution < -0.4 is 14.2 Å². The van der Waals surface area contributed by atoms with Gasteiger partial charge in [-0.15, -0.1) is 0 Å². The van der Waals surface area contributed by atoms with Crippen LogP contribution in [-0.2, 0) is 4.79 Å². The van der Waals surface area contributed by atoms with Crippen molar-refractivity contribution in [3.05, 3.63) is 58.2 Å². The van der Waals surface area contributed by atoms with E-state index < -0.39 is 0 Å². The Bertz CT molecular complexity index is 1060. The second-order valence-electron chi connectivity index (χ2n) is 5.95. The van der Waals surface area contributed by atoms with E-state index in [0.29, 0.717) is 17.7 Å². The Morgan fingerprint density at radius 2 is 2.00 bits per heavy atom. The number of carbonyl (C=O) groups excluding carboxylic acids is 1. The molecule has 0 amide bonds. The molecule has 136 valence electrons. The van der Waals surface area contributed by atoms with E-state index in [9.17, 15) is 4.79 Å². The maximum Gasteiger partial charge on any atom is 0.310 e. The zero-order valence-electron chi connectivity index (χ0n) is 14.6. The fraction of sp³-hybridized carbons (Fsp3) is 0.143. The fourth-order valence-electron chi connectivity index (χ4n) is 2.74. The van der Waals surface area contributed by atoms with Gasteiger partial charge in [0.05, 0.1) is 5.69 Å². The summed E-state index contributed by atoms with van der Waals surface area (Å²) in [6, 6.07) is 13.2. The minimum absolute atomic E-state index is 0.237.